The zero-order chi connectivity index (χ0) is 12.3. The van der Waals surface area contributed by atoms with Crippen LogP contribution in [0.15, 0.2) is 24.3 Å². The first-order chi connectivity index (χ1) is 7.38. The number of carbonyl (C=O) groups is 2. The number of carbonyl (C=O) groups excluding carboxylic acids is 2. The van der Waals surface area contributed by atoms with Gasteiger partial charge in [0.05, 0.1) is 0 Å². The van der Waals surface area contributed by atoms with Crippen molar-refractivity contribution in [3.8, 4) is 0 Å². The van der Waals surface area contributed by atoms with Crippen LogP contribution in [-0.4, -0.2) is 18.4 Å². The van der Waals surface area contributed by atoms with Crippen LogP contribution in [0.2, 0.25) is 0 Å². The van der Waals surface area contributed by atoms with Crippen molar-refractivity contribution in [2.75, 3.05) is 6.61 Å². The molecule has 0 aromatic rings. The molecule has 0 spiro atoms. The third-order valence-corrected chi connectivity index (χ3v) is 2.77. The fourth-order valence-corrected chi connectivity index (χ4v) is 2.24. The fourth-order valence-electron chi connectivity index (χ4n) is 2.24. The van der Waals surface area contributed by atoms with E-state index in [1.807, 2.05) is 20.8 Å². The lowest BCUT2D eigenvalue weighted by atomic mass is 9.69. The van der Waals surface area contributed by atoms with Gasteiger partial charge < -0.3 is 4.74 Å². The molecule has 1 aliphatic carbocycles. The van der Waals surface area contributed by atoms with Gasteiger partial charge in [0.15, 0.2) is 5.78 Å². The molecule has 1 rings (SSSR count). The topological polar surface area (TPSA) is 43.4 Å². The van der Waals surface area contributed by atoms with Crippen molar-refractivity contribution in [1.82, 2.24) is 0 Å². The van der Waals surface area contributed by atoms with Gasteiger partial charge in [0.25, 0.3) is 0 Å². The molecule has 0 amide bonds. The van der Waals surface area contributed by atoms with E-state index >= 15 is 0 Å². The van der Waals surface area contributed by atoms with Crippen LogP contribution in [0.3, 0.4) is 0 Å². The number of allylic oxidation sites excluding steroid dienone is 2. The van der Waals surface area contributed by atoms with Crippen LogP contribution in [0.1, 0.15) is 27.2 Å². The molecule has 0 aliphatic heterocycles. The molecule has 88 valence electrons. The van der Waals surface area contributed by atoms with Crippen molar-refractivity contribution >= 4 is 11.8 Å². The Hall–Kier alpha value is -1.38. The average molecular weight is 222 g/mol. The molecular weight excluding hydrogens is 204 g/mol. The van der Waals surface area contributed by atoms with Crippen LogP contribution in [0, 0.1) is 11.3 Å². The van der Waals surface area contributed by atoms with E-state index in [9.17, 15) is 9.59 Å². The number of esters is 1. The Labute approximate surface area is 96.2 Å². The van der Waals surface area contributed by atoms with Crippen LogP contribution in [0.25, 0.3) is 0 Å². The molecule has 0 aromatic heterocycles. The summed E-state index contributed by atoms with van der Waals surface area (Å²) in [5, 5.41) is 0. The van der Waals surface area contributed by atoms with Crippen LogP contribution < -0.4 is 0 Å². The monoisotopic (exact) mass is 222 g/mol. The molecule has 0 saturated heterocycles. The summed E-state index contributed by atoms with van der Waals surface area (Å²) < 4.78 is 4.96. The summed E-state index contributed by atoms with van der Waals surface area (Å²) in [6, 6.07) is 0. The molecule has 3 heteroatoms. The van der Waals surface area contributed by atoms with E-state index in [4.69, 9.17) is 4.74 Å². The van der Waals surface area contributed by atoms with E-state index in [0.717, 1.165) is 12.0 Å². The predicted octanol–water partition coefficient (Wildman–Crippen LogP) is 2.28. The maximum atomic E-state index is 11.8. The summed E-state index contributed by atoms with van der Waals surface area (Å²) in [7, 11) is 0. The van der Waals surface area contributed by atoms with E-state index in [0.29, 0.717) is 0 Å². The summed E-state index contributed by atoms with van der Waals surface area (Å²) in [5.74, 6) is -1.28. The summed E-state index contributed by atoms with van der Waals surface area (Å²) in [4.78, 5) is 23.6. The summed E-state index contributed by atoms with van der Waals surface area (Å²) in [6.45, 7) is 9.37. The first-order valence-corrected chi connectivity index (χ1v) is 5.37. The van der Waals surface area contributed by atoms with Gasteiger partial charge in [0.1, 0.15) is 12.5 Å². The fraction of sp³-hybridized carbons (Fsp3) is 0.538. The average Bonchev–Trinajstić information content (AvgIpc) is 2.11. The second-order valence-electron chi connectivity index (χ2n) is 4.91. The molecule has 0 aromatic carbocycles. The molecule has 0 N–H and O–H groups in total. The highest BCUT2D eigenvalue weighted by Gasteiger charge is 2.43. The lowest BCUT2D eigenvalue weighted by Gasteiger charge is -2.34. The molecule has 0 heterocycles. The quantitative estimate of drug-likeness (QED) is 0.418. The zero-order valence-corrected chi connectivity index (χ0v) is 10.1. The van der Waals surface area contributed by atoms with Gasteiger partial charge in [-0.05, 0) is 24.8 Å². The Kier molecular flexibility index (Phi) is 3.68. The highest BCUT2D eigenvalue weighted by atomic mass is 16.5. The molecule has 0 saturated carbocycles. The number of rotatable bonds is 3. The molecule has 0 bridgehead atoms. The van der Waals surface area contributed by atoms with Crippen LogP contribution in [0.5, 0.6) is 0 Å². The van der Waals surface area contributed by atoms with Crippen molar-refractivity contribution in [2.45, 2.75) is 27.2 Å². The maximum absolute atomic E-state index is 11.8. The highest BCUT2D eigenvalue weighted by Crippen LogP contribution is 2.39. The summed E-state index contributed by atoms with van der Waals surface area (Å²) in [5.41, 5.74) is 0.650. The SMILES string of the molecule is C=CCOC(=O)C1C(=O)C=C(C)CC1(C)C. The predicted molar refractivity (Wildman–Crippen MR) is 61.8 cm³/mol. The molecular formula is C13H18O3. The van der Waals surface area contributed by atoms with E-state index < -0.39 is 11.9 Å². The van der Waals surface area contributed by atoms with Crippen molar-refractivity contribution < 1.29 is 14.3 Å². The molecule has 1 atom stereocenters. The van der Waals surface area contributed by atoms with Gasteiger partial charge in [-0.25, -0.2) is 0 Å². The lowest BCUT2D eigenvalue weighted by molar-refractivity contribution is -0.155. The van der Waals surface area contributed by atoms with Gasteiger partial charge in [-0.2, -0.15) is 0 Å². The molecule has 0 fully saturated rings. The van der Waals surface area contributed by atoms with Gasteiger partial charge in [-0.15, -0.1) is 0 Å². The van der Waals surface area contributed by atoms with E-state index in [1.54, 1.807) is 6.08 Å². The zero-order valence-electron chi connectivity index (χ0n) is 10.1. The van der Waals surface area contributed by atoms with Crippen LogP contribution >= 0.6 is 0 Å². The Morgan fingerprint density at radius 2 is 2.31 bits per heavy atom. The van der Waals surface area contributed by atoms with Gasteiger partial charge in [-0.1, -0.05) is 32.1 Å². The van der Waals surface area contributed by atoms with E-state index in [-0.39, 0.29) is 17.8 Å². The van der Waals surface area contributed by atoms with Gasteiger partial charge in [0, 0.05) is 0 Å². The number of ketones is 1. The Balaban J connectivity index is 2.89. The molecule has 1 aliphatic rings. The minimum atomic E-state index is -0.684. The highest BCUT2D eigenvalue weighted by molar-refractivity contribution is 6.06. The Morgan fingerprint density at radius 3 is 2.81 bits per heavy atom. The Bertz CT molecular complexity index is 350. The van der Waals surface area contributed by atoms with Gasteiger partial charge in [-0.3, -0.25) is 9.59 Å². The van der Waals surface area contributed by atoms with Gasteiger partial charge >= 0.3 is 5.97 Å². The van der Waals surface area contributed by atoms with Crippen molar-refractivity contribution in [2.24, 2.45) is 11.3 Å². The first kappa shape index (κ1) is 12.7. The maximum Gasteiger partial charge on any atom is 0.317 e. The largest absolute Gasteiger partial charge is 0.461 e. The normalized spacial score (nSPS) is 23.6. The number of ether oxygens (including phenoxy) is 1. The minimum absolute atomic E-state index is 0.150. The summed E-state index contributed by atoms with van der Waals surface area (Å²) in [6.07, 6.45) is 3.79. The van der Waals surface area contributed by atoms with Crippen LogP contribution in [-0.2, 0) is 14.3 Å². The molecule has 16 heavy (non-hydrogen) atoms. The van der Waals surface area contributed by atoms with E-state index in [1.165, 1.54) is 6.08 Å². The minimum Gasteiger partial charge on any atom is -0.461 e. The molecule has 0 radical (unpaired) electrons. The Morgan fingerprint density at radius 1 is 1.69 bits per heavy atom. The second kappa shape index (κ2) is 4.64. The van der Waals surface area contributed by atoms with Crippen LogP contribution in [0.4, 0.5) is 0 Å². The number of hydrogen-bond donors (Lipinski definition) is 0. The van der Waals surface area contributed by atoms with Crippen molar-refractivity contribution in [1.29, 1.82) is 0 Å². The smallest absolute Gasteiger partial charge is 0.317 e. The lowest BCUT2D eigenvalue weighted by Crippen LogP contribution is -2.40. The second-order valence-corrected chi connectivity index (χ2v) is 4.91. The summed E-state index contributed by atoms with van der Waals surface area (Å²) >= 11 is 0. The standard InChI is InChI=1S/C13H18O3/c1-5-6-16-12(15)11-10(14)7-9(2)8-13(11,3)4/h5,7,11H,1,6,8H2,2-4H3. The molecule has 3 nitrogen and oxygen atoms in total. The van der Waals surface area contributed by atoms with Crippen molar-refractivity contribution in [3.05, 3.63) is 24.3 Å². The molecule has 1 unspecified atom stereocenters. The van der Waals surface area contributed by atoms with E-state index in [2.05, 4.69) is 6.58 Å². The van der Waals surface area contributed by atoms with Crippen molar-refractivity contribution in [3.63, 3.8) is 0 Å². The third-order valence-electron chi connectivity index (χ3n) is 2.77. The first-order valence-electron chi connectivity index (χ1n) is 5.37. The third kappa shape index (κ3) is 2.60. The number of hydrogen-bond acceptors (Lipinski definition) is 3. The van der Waals surface area contributed by atoms with Gasteiger partial charge in [0.2, 0.25) is 0 Å².